The Labute approximate surface area is 105 Å². The quantitative estimate of drug-likeness (QED) is 0.636. The molecule has 3 aromatic carbocycles. The van der Waals surface area contributed by atoms with Crippen molar-refractivity contribution in [2.75, 3.05) is 5.32 Å². The van der Waals surface area contributed by atoms with Crippen LogP contribution in [-0.2, 0) is 4.79 Å². The second-order valence-corrected chi connectivity index (χ2v) is 4.38. The van der Waals surface area contributed by atoms with E-state index in [2.05, 4.69) is 23.5 Å². The summed E-state index contributed by atoms with van der Waals surface area (Å²) in [4.78, 5) is 11.4. The van der Waals surface area contributed by atoms with Gasteiger partial charge < -0.3 is 5.32 Å². The molecule has 0 radical (unpaired) electrons. The lowest BCUT2D eigenvalue weighted by Crippen LogP contribution is -2.06. The molecule has 1 amide bonds. The van der Waals surface area contributed by atoms with Crippen molar-refractivity contribution >= 4 is 33.1 Å². The van der Waals surface area contributed by atoms with E-state index in [1.807, 2.05) is 36.4 Å². The normalized spacial score (nSPS) is 10.7. The Balaban J connectivity index is 2.45. The topological polar surface area (TPSA) is 29.1 Å². The van der Waals surface area contributed by atoms with Gasteiger partial charge in [0.1, 0.15) is 0 Å². The molecule has 0 spiro atoms. The molecule has 18 heavy (non-hydrogen) atoms. The highest BCUT2D eigenvalue weighted by Crippen LogP contribution is 2.32. The number of nitrogens with one attached hydrogen (secondary N) is 1. The van der Waals surface area contributed by atoms with Gasteiger partial charge in [0.05, 0.1) is 5.69 Å². The summed E-state index contributed by atoms with van der Waals surface area (Å²) in [5.41, 5.74) is 0.899. The fraction of sp³-hybridized carbons (Fsp3) is 0.0625. The smallest absolute Gasteiger partial charge is 0.221 e. The Morgan fingerprint density at radius 2 is 1.39 bits per heavy atom. The van der Waals surface area contributed by atoms with Crippen LogP contribution in [0, 0.1) is 0 Å². The molecule has 88 valence electrons. The minimum Gasteiger partial charge on any atom is -0.325 e. The summed E-state index contributed by atoms with van der Waals surface area (Å²) in [5, 5.41) is 7.38. The zero-order valence-corrected chi connectivity index (χ0v) is 10.1. The molecule has 1 N–H and O–H groups in total. The van der Waals surface area contributed by atoms with Gasteiger partial charge in [-0.3, -0.25) is 4.79 Å². The van der Waals surface area contributed by atoms with Crippen molar-refractivity contribution < 1.29 is 4.79 Å². The molecule has 0 aliphatic carbocycles. The van der Waals surface area contributed by atoms with Gasteiger partial charge in [0, 0.05) is 17.7 Å². The SMILES string of the molecule is CC(=O)Nc1c2ccccc2cc2ccccc12. The minimum atomic E-state index is -0.0449. The number of rotatable bonds is 1. The maximum Gasteiger partial charge on any atom is 0.221 e. The van der Waals surface area contributed by atoms with Crippen molar-refractivity contribution in [1.29, 1.82) is 0 Å². The first-order valence-electron chi connectivity index (χ1n) is 5.94. The number of benzene rings is 3. The molecule has 2 heteroatoms. The average Bonchev–Trinajstić information content (AvgIpc) is 2.38. The molecular formula is C16H13NO. The summed E-state index contributed by atoms with van der Waals surface area (Å²) in [5.74, 6) is -0.0449. The second kappa shape index (κ2) is 4.15. The summed E-state index contributed by atoms with van der Waals surface area (Å²) in [6.07, 6.45) is 0. The molecule has 3 rings (SSSR count). The van der Waals surface area contributed by atoms with Crippen LogP contribution in [-0.4, -0.2) is 5.91 Å². The molecule has 0 unspecified atom stereocenters. The van der Waals surface area contributed by atoms with Gasteiger partial charge in [-0.2, -0.15) is 0 Å². The predicted molar refractivity (Wildman–Crippen MR) is 75.8 cm³/mol. The molecule has 0 aliphatic heterocycles. The van der Waals surface area contributed by atoms with Gasteiger partial charge in [-0.05, 0) is 16.8 Å². The summed E-state index contributed by atoms with van der Waals surface area (Å²) in [7, 11) is 0. The van der Waals surface area contributed by atoms with Crippen LogP contribution in [0.25, 0.3) is 21.5 Å². The third kappa shape index (κ3) is 1.72. The summed E-state index contributed by atoms with van der Waals surface area (Å²) >= 11 is 0. The van der Waals surface area contributed by atoms with E-state index in [4.69, 9.17) is 0 Å². The molecular weight excluding hydrogens is 222 g/mol. The van der Waals surface area contributed by atoms with Gasteiger partial charge in [0.2, 0.25) is 5.91 Å². The lowest BCUT2D eigenvalue weighted by Gasteiger charge is -2.11. The van der Waals surface area contributed by atoms with E-state index in [1.54, 1.807) is 0 Å². The van der Waals surface area contributed by atoms with E-state index in [1.165, 1.54) is 6.92 Å². The Hall–Kier alpha value is -2.35. The van der Waals surface area contributed by atoms with Crippen LogP contribution < -0.4 is 5.32 Å². The van der Waals surface area contributed by atoms with Crippen molar-refractivity contribution in [3.05, 3.63) is 54.6 Å². The Kier molecular flexibility index (Phi) is 2.49. The molecule has 0 aliphatic rings. The Morgan fingerprint density at radius 3 is 1.89 bits per heavy atom. The van der Waals surface area contributed by atoms with E-state index in [0.717, 1.165) is 27.2 Å². The monoisotopic (exact) mass is 235 g/mol. The fourth-order valence-electron chi connectivity index (χ4n) is 2.32. The van der Waals surface area contributed by atoms with Crippen molar-refractivity contribution in [2.24, 2.45) is 0 Å². The van der Waals surface area contributed by atoms with E-state index < -0.39 is 0 Å². The van der Waals surface area contributed by atoms with Crippen LogP contribution in [0.15, 0.2) is 54.6 Å². The zero-order valence-electron chi connectivity index (χ0n) is 10.1. The van der Waals surface area contributed by atoms with Gasteiger partial charge >= 0.3 is 0 Å². The number of carbonyl (C=O) groups excluding carboxylic acids is 1. The van der Waals surface area contributed by atoms with Crippen LogP contribution in [0.5, 0.6) is 0 Å². The maximum atomic E-state index is 11.4. The summed E-state index contributed by atoms with van der Waals surface area (Å²) in [6, 6.07) is 18.3. The van der Waals surface area contributed by atoms with Crippen molar-refractivity contribution in [3.8, 4) is 0 Å². The van der Waals surface area contributed by atoms with E-state index >= 15 is 0 Å². The number of amides is 1. The Morgan fingerprint density at radius 1 is 0.889 bits per heavy atom. The van der Waals surface area contributed by atoms with Crippen LogP contribution in [0.2, 0.25) is 0 Å². The first kappa shape index (κ1) is 10.8. The van der Waals surface area contributed by atoms with Gasteiger partial charge in [0.15, 0.2) is 0 Å². The fourth-order valence-corrected chi connectivity index (χ4v) is 2.32. The van der Waals surface area contributed by atoms with Crippen molar-refractivity contribution in [1.82, 2.24) is 0 Å². The molecule has 3 aromatic rings. The highest BCUT2D eigenvalue weighted by molar-refractivity contribution is 6.14. The summed E-state index contributed by atoms with van der Waals surface area (Å²) in [6.45, 7) is 1.54. The van der Waals surface area contributed by atoms with Gasteiger partial charge in [0.25, 0.3) is 0 Å². The van der Waals surface area contributed by atoms with Gasteiger partial charge in [-0.15, -0.1) is 0 Å². The van der Waals surface area contributed by atoms with Crippen LogP contribution in [0.4, 0.5) is 5.69 Å². The molecule has 0 heterocycles. The molecule has 2 nitrogen and oxygen atoms in total. The number of anilines is 1. The third-order valence-electron chi connectivity index (χ3n) is 3.07. The van der Waals surface area contributed by atoms with Gasteiger partial charge in [-0.1, -0.05) is 48.5 Å². The van der Waals surface area contributed by atoms with E-state index in [0.29, 0.717) is 0 Å². The first-order valence-corrected chi connectivity index (χ1v) is 5.94. The molecule has 0 bridgehead atoms. The molecule has 0 fully saturated rings. The third-order valence-corrected chi connectivity index (χ3v) is 3.07. The standard InChI is InChI=1S/C16H13NO/c1-11(18)17-16-14-8-4-2-6-12(14)10-13-7-3-5-9-15(13)16/h2-10H,1H3,(H,17,18). The number of fused-ring (bicyclic) bond motifs is 2. The average molecular weight is 235 g/mol. The highest BCUT2D eigenvalue weighted by Gasteiger charge is 2.07. The van der Waals surface area contributed by atoms with E-state index in [9.17, 15) is 4.79 Å². The van der Waals surface area contributed by atoms with Crippen molar-refractivity contribution in [2.45, 2.75) is 6.92 Å². The second-order valence-electron chi connectivity index (χ2n) is 4.38. The number of hydrogen-bond donors (Lipinski definition) is 1. The number of hydrogen-bond acceptors (Lipinski definition) is 1. The summed E-state index contributed by atoms with van der Waals surface area (Å²) < 4.78 is 0. The molecule has 0 saturated carbocycles. The predicted octanol–water partition coefficient (Wildman–Crippen LogP) is 3.95. The van der Waals surface area contributed by atoms with Crippen LogP contribution >= 0.6 is 0 Å². The maximum absolute atomic E-state index is 11.4. The van der Waals surface area contributed by atoms with E-state index in [-0.39, 0.29) is 5.91 Å². The van der Waals surface area contributed by atoms with Gasteiger partial charge in [-0.25, -0.2) is 0 Å². The van der Waals surface area contributed by atoms with Crippen LogP contribution in [0.3, 0.4) is 0 Å². The zero-order chi connectivity index (χ0) is 12.5. The molecule has 0 atom stereocenters. The molecule has 0 aromatic heterocycles. The molecule has 0 saturated heterocycles. The first-order chi connectivity index (χ1) is 8.75. The highest BCUT2D eigenvalue weighted by atomic mass is 16.1. The Bertz CT molecular complexity index is 692. The lowest BCUT2D eigenvalue weighted by atomic mass is 10.0. The van der Waals surface area contributed by atoms with Crippen LogP contribution in [0.1, 0.15) is 6.92 Å². The van der Waals surface area contributed by atoms with Crippen molar-refractivity contribution in [3.63, 3.8) is 0 Å². The largest absolute Gasteiger partial charge is 0.325 e. The lowest BCUT2D eigenvalue weighted by molar-refractivity contribution is -0.114. The number of carbonyl (C=O) groups is 1. The minimum absolute atomic E-state index is 0.0449.